The molecular formula is C23H22O7. The van der Waals surface area contributed by atoms with Crippen LogP contribution in [0.2, 0.25) is 0 Å². The maximum absolute atomic E-state index is 10.3. The Hall–Kier alpha value is -3.58. The Labute approximate surface area is 173 Å². The van der Waals surface area contributed by atoms with E-state index >= 15 is 0 Å². The highest BCUT2D eigenvalue weighted by molar-refractivity contribution is 5.52. The zero-order valence-corrected chi connectivity index (χ0v) is 16.3. The number of rotatable bonds is 5. The molecule has 1 aliphatic heterocycles. The fourth-order valence-electron chi connectivity index (χ4n) is 3.52. The third kappa shape index (κ3) is 3.92. The summed E-state index contributed by atoms with van der Waals surface area (Å²) in [7, 11) is 1.60. The standard InChI is InChI=1S/C23H22O7/c1-28-16-5-2-13(3-6-16)12-29-22-11-17-19(26)9-15(24)10-21(17)30-23(22)14-4-7-18(25)20(27)8-14/h2-10,22-27H,11-12H2,1H3/t22-,23-/m1/s1. The normalized spacial score (nSPS) is 17.8. The Morgan fingerprint density at radius 2 is 1.67 bits per heavy atom. The van der Waals surface area contributed by atoms with Crippen molar-refractivity contribution in [3.63, 3.8) is 0 Å². The minimum Gasteiger partial charge on any atom is -0.508 e. The molecule has 3 aromatic carbocycles. The van der Waals surface area contributed by atoms with Crippen molar-refractivity contribution in [3.8, 4) is 34.5 Å². The molecule has 1 aliphatic rings. The number of benzene rings is 3. The zero-order valence-electron chi connectivity index (χ0n) is 16.3. The molecule has 7 heteroatoms. The monoisotopic (exact) mass is 410 g/mol. The van der Waals surface area contributed by atoms with E-state index in [4.69, 9.17) is 14.2 Å². The molecule has 4 rings (SSSR count). The number of aromatic hydroxyl groups is 4. The summed E-state index contributed by atoms with van der Waals surface area (Å²) in [6.07, 6.45) is -0.772. The molecule has 2 atom stereocenters. The lowest BCUT2D eigenvalue weighted by atomic mass is 9.93. The molecule has 0 bridgehead atoms. The number of phenols is 4. The Bertz CT molecular complexity index is 1050. The highest BCUT2D eigenvalue weighted by Crippen LogP contribution is 2.43. The van der Waals surface area contributed by atoms with Crippen LogP contribution in [0.4, 0.5) is 0 Å². The lowest BCUT2D eigenvalue weighted by molar-refractivity contribution is -0.0466. The van der Waals surface area contributed by atoms with Crippen molar-refractivity contribution in [2.24, 2.45) is 0 Å². The van der Waals surface area contributed by atoms with Gasteiger partial charge in [-0.25, -0.2) is 0 Å². The van der Waals surface area contributed by atoms with Crippen molar-refractivity contribution in [1.82, 2.24) is 0 Å². The van der Waals surface area contributed by atoms with Gasteiger partial charge in [0, 0.05) is 24.1 Å². The first-order valence-corrected chi connectivity index (χ1v) is 9.42. The molecule has 0 saturated heterocycles. The van der Waals surface area contributed by atoms with Crippen molar-refractivity contribution >= 4 is 0 Å². The maximum Gasteiger partial charge on any atom is 0.157 e. The van der Waals surface area contributed by atoms with Gasteiger partial charge >= 0.3 is 0 Å². The summed E-state index contributed by atoms with van der Waals surface area (Å²) >= 11 is 0. The van der Waals surface area contributed by atoms with E-state index in [2.05, 4.69) is 0 Å². The molecule has 0 radical (unpaired) electrons. The molecular weight excluding hydrogens is 388 g/mol. The van der Waals surface area contributed by atoms with Gasteiger partial charge in [-0.15, -0.1) is 0 Å². The van der Waals surface area contributed by atoms with E-state index in [9.17, 15) is 20.4 Å². The summed E-state index contributed by atoms with van der Waals surface area (Å²) in [4.78, 5) is 0. The van der Waals surface area contributed by atoms with E-state index in [0.29, 0.717) is 29.9 Å². The molecule has 30 heavy (non-hydrogen) atoms. The van der Waals surface area contributed by atoms with Gasteiger partial charge in [-0.3, -0.25) is 0 Å². The first kappa shape index (κ1) is 19.7. The van der Waals surface area contributed by atoms with Crippen LogP contribution in [0.5, 0.6) is 34.5 Å². The van der Waals surface area contributed by atoms with Crippen LogP contribution < -0.4 is 9.47 Å². The number of methoxy groups -OCH3 is 1. The molecule has 3 aromatic rings. The molecule has 0 aliphatic carbocycles. The van der Waals surface area contributed by atoms with Crippen molar-refractivity contribution in [3.05, 3.63) is 71.3 Å². The highest BCUT2D eigenvalue weighted by atomic mass is 16.5. The van der Waals surface area contributed by atoms with Gasteiger partial charge in [-0.05, 0) is 35.4 Å². The van der Waals surface area contributed by atoms with E-state index in [-0.39, 0.29) is 23.0 Å². The first-order chi connectivity index (χ1) is 14.4. The predicted octanol–water partition coefficient (Wildman–Crippen LogP) is 3.78. The van der Waals surface area contributed by atoms with Crippen molar-refractivity contribution in [2.75, 3.05) is 7.11 Å². The van der Waals surface area contributed by atoms with Gasteiger partial charge < -0.3 is 34.6 Å². The Morgan fingerprint density at radius 1 is 0.900 bits per heavy atom. The van der Waals surface area contributed by atoms with Crippen LogP contribution in [0.15, 0.2) is 54.6 Å². The van der Waals surface area contributed by atoms with Crippen LogP contribution in [0.3, 0.4) is 0 Å². The fraction of sp³-hybridized carbons (Fsp3) is 0.217. The third-order valence-electron chi connectivity index (χ3n) is 5.12. The Morgan fingerprint density at radius 3 is 2.37 bits per heavy atom. The minimum absolute atomic E-state index is 0.0740. The van der Waals surface area contributed by atoms with E-state index in [1.165, 1.54) is 24.3 Å². The van der Waals surface area contributed by atoms with E-state index in [0.717, 1.165) is 11.3 Å². The number of fused-ring (bicyclic) bond motifs is 1. The predicted molar refractivity (Wildman–Crippen MR) is 108 cm³/mol. The average molecular weight is 410 g/mol. The molecule has 0 fully saturated rings. The van der Waals surface area contributed by atoms with Crippen molar-refractivity contribution in [1.29, 1.82) is 0 Å². The van der Waals surface area contributed by atoms with Crippen molar-refractivity contribution < 1.29 is 34.6 Å². The molecule has 0 amide bonds. The van der Waals surface area contributed by atoms with Crippen LogP contribution in [0.25, 0.3) is 0 Å². The number of phenolic OH excluding ortho intramolecular Hbond substituents is 4. The Kier molecular flexibility index (Phi) is 5.29. The van der Waals surface area contributed by atoms with Gasteiger partial charge in [0.25, 0.3) is 0 Å². The highest BCUT2D eigenvalue weighted by Gasteiger charge is 2.34. The summed E-state index contributed by atoms with van der Waals surface area (Å²) < 4.78 is 17.4. The maximum atomic E-state index is 10.3. The van der Waals surface area contributed by atoms with Gasteiger partial charge in [0.2, 0.25) is 0 Å². The second-order valence-corrected chi connectivity index (χ2v) is 7.13. The second kappa shape index (κ2) is 8.04. The lowest BCUT2D eigenvalue weighted by Gasteiger charge is -2.34. The third-order valence-corrected chi connectivity index (χ3v) is 5.12. The fourth-order valence-corrected chi connectivity index (χ4v) is 3.52. The second-order valence-electron chi connectivity index (χ2n) is 7.13. The smallest absolute Gasteiger partial charge is 0.157 e. The van der Waals surface area contributed by atoms with Crippen LogP contribution in [-0.4, -0.2) is 33.6 Å². The molecule has 4 N–H and O–H groups in total. The van der Waals surface area contributed by atoms with Crippen LogP contribution in [-0.2, 0) is 17.8 Å². The summed E-state index contributed by atoms with van der Waals surface area (Å²) in [5, 5.41) is 39.6. The average Bonchev–Trinajstić information content (AvgIpc) is 2.74. The van der Waals surface area contributed by atoms with Gasteiger partial charge in [-0.2, -0.15) is 0 Å². The number of hydrogen-bond acceptors (Lipinski definition) is 7. The van der Waals surface area contributed by atoms with Crippen molar-refractivity contribution in [2.45, 2.75) is 25.2 Å². The minimum atomic E-state index is -0.622. The molecule has 7 nitrogen and oxygen atoms in total. The molecule has 156 valence electrons. The summed E-state index contributed by atoms with van der Waals surface area (Å²) in [6.45, 7) is 0.298. The summed E-state index contributed by atoms with van der Waals surface area (Å²) in [6, 6.07) is 14.6. The van der Waals surface area contributed by atoms with Gasteiger partial charge in [0.1, 0.15) is 29.1 Å². The van der Waals surface area contributed by atoms with Gasteiger partial charge in [0.15, 0.2) is 17.6 Å². The Balaban J connectivity index is 1.63. The van der Waals surface area contributed by atoms with Gasteiger partial charge in [-0.1, -0.05) is 18.2 Å². The molecule has 0 spiro atoms. The van der Waals surface area contributed by atoms with E-state index in [1.807, 2.05) is 24.3 Å². The van der Waals surface area contributed by atoms with Crippen LogP contribution >= 0.6 is 0 Å². The SMILES string of the molecule is COc1ccc(CO[C@@H]2Cc3c(O)cc(O)cc3O[C@@H]2c2ccc(O)c(O)c2)cc1. The zero-order chi connectivity index (χ0) is 21.3. The molecule has 1 heterocycles. The topological polar surface area (TPSA) is 109 Å². The van der Waals surface area contributed by atoms with E-state index < -0.39 is 12.2 Å². The largest absolute Gasteiger partial charge is 0.508 e. The van der Waals surface area contributed by atoms with Gasteiger partial charge in [0.05, 0.1) is 13.7 Å². The molecule has 0 aromatic heterocycles. The molecule has 0 saturated carbocycles. The van der Waals surface area contributed by atoms with E-state index in [1.54, 1.807) is 13.2 Å². The van der Waals surface area contributed by atoms with Crippen LogP contribution in [0, 0.1) is 0 Å². The molecule has 0 unspecified atom stereocenters. The van der Waals surface area contributed by atoms with Crippen LogP contribution in [0.1, 0.15) is 22.8 Å². The quantitative estimate of drug-likeness (QED) is 0.474. The lowest BCUT2D eigenvalue weighted by Crippen LogP contribution is -2.33. The first-order valence-electron chi connectivity index (χ1n) is 9.42. The number of ether oxygens (including phenoxy) is 3. The number of hydrogen-bond donors (Lipinski definition) is 4. The summed E-state index contributed by atoms with van der Waals surface area (Å²) in [5.74, 6) is 0.395. The summed E-state index contributed by atoms with van der Waals surface area (Å²) in [5.41, 5.74) is 2.06.